The summed E-state index contributed by atoms with van der Waals surface area (Å²) in [6.45, 7) is 0.859. The molecular weight excluding hydrogens is 254 g/mol. The Morgan fingerprint density at radius 1 is 1.35 bits per heavy atom. The number of benzene rings is 1. The van der Waals surface area contributed by atoms with Crippen LogP contribution in [0.1, 0.15) is 12.0 Å². The molecule has 17 heavy (non-hydrogen) atoms. The summed E-state index contributed by atoms with van der Waals surface area (Å²) in [5.41, 5.74) is 1.25. The van der Waals surface area contributed by atoms with E-state index in [4.69, 9.17) is 0 Å². The zero-order valence-corrected chi connectivity index (χ0v) is 11.9. The largest absolute Gasteiger partial charge is 0.316 e. The SMILES string of the molecule is CNCc1cccc(SCCCS(C)(=O)=O)c1. The minimum absolute atomic E-state index is 0.274. The van der Waals surface area contributed by atoms with Gasteiger partial charge in [0.1, 0.15) is 9.84 Å². The molecule has 0 saturated carbocycles. The molecular formula is C12H19NO2S2. The van der Waals surface area contributed by atoms with E-state index in [9.17, 15) is 8.42 Å². The summed E-state index contributed by atoms with van der Waals surface area (Å²) < 4.78 is 21.9. The molecule has 5 heteroatoms. The first kappa shape index (κ1) is 14.5. The maximum Gasteiger partial charge on any atom is 0.147 e. The van der Waals surface area contributed by atoms with Gasteiger partial charge in [0.05, 0.1) is 5.75 Å². The number of hydrogen-bond donors (Lipinski definition) is 1. The second-order valence-electron chi connectivity index (χ2n) is 4.01. The van der Waals surface area contributed by atoms with E-state index < -0.39 is 9.84 Å². The quantitative estimate of drug-likeness (QED) is 0.609. The molecule has 1 N–H and O–H groups in total. The second kappa shape index (κ2) is 7.03. The molecule has 1 aromatic rings. The predicted octanol–water partition coefficient (Wildman–Crippen LogP) is 1.93. The molecule has 0 unspecified atom stereocenters. The number of hydrogen-bond acceptors (Lipinski definition) is 4. The summed E-state index contributed by atoms with van der Waals surface area (Å²) >= 11 is 1.71. The molecule has 0 aliphatic heterocycles. The van der Waals surface area contributed by atoms with Crippen LogP contribution >= 0.6 is 11.8 Å². The number of sulfone groups is 1. The van der Waals surface area contributed by atoms with Gasteiger partial charge >= 0.3 is 0 Å². The van der Waals surface area contributed by atoms with E-state index >= 15 is 0 Å². The molecule has 0 amide bonds. The van der Waals surface area contributed by atoms with Gasteiger partial charge in [0.2, 0.25) is 0 Å². The minimum Gasteiger partial charge on any atom is -0.316 e. The Kier molecular flexibility index (Phi) is 6.02. The van der Waals surface area contributed by atoms with Crippen LogP contribution in [0.5, 0.6) is 0 Å². The van der Waals surface area contributed by atoms with Crippen molar-refractivity contribution in [2.24, 2.45) is 0 Å². The summed E-state index contributed by atoms with van der Waals surface area (Å²) in [7, 11) is -0.896. The first-order valence-corrected chi connectivity index (χ1v) is 8.60. The number of thioether (sulfide) groups is 1. The van der Waals surface area contributed by atoms with Crippen molar-refractivity contribution in [3.05, 3.63) is 29.8 Å². The minimum atomic E-state index is -2.82. The zero-order valence-electron chi connectivity index (χ0n) is 10.3. The lowest BCUT2D eigenvalue weighted by Crippen LogP contribution is -2.05. The second-order valence-corrected chi connectivity index (χ2v) is 7.44. The molecule has 3 nitrogen and oxygen atoms in total. The highest BCUT2D eigenvalue weighted by atomic mass is 32.2. The van der Waals surface area contributed by atoms with Gasteiger partial charge in [-0.15, -0.1) is 11.8 Å². The average molecular weight is 273 g/mol. The van der Waals surface area contributed by atoms with E-state index in [-0.39, 0.29) is 5.75 Å². The highest BCUT2D eigenvalue weighted by Crippen LogP contribution is 2.20. The van der Waals surface area contributed by atoms with Gasteiger partial charge < -0.3 is 5.32 Å². The van der Waals surface area contributed by atoms with Crippen molar-refractivity contribution >= 4 is 21.6 Å². The molecule has 0 radical (unpaired) electrons. The van der Waals surface area contributed by atoms with E-state index in [1.165, 1.54) is 16.7 Å². The van der Waals surface area contributed by atoms with E-state index in [1.807, 2.05) is 13.1 Å². The summed E-state index contributed by atoms with van der Waals surface area (Å²) in [5, 5.41) is 3.11. The van der Waals surface area contributed by atoms with Gasteiger partial charge in [-0.3, -0.25) is 0 Å². The summed E-state index contributed by atoms with van der Waals surface area (Å²) in [6.07, 6.45) is 1.99. The Morgan fingerprint density at radius 3 is 2.76 bits per heavy atom. The fourth-order valence-corrected chi connectivity index (χ4v) is 3.25. The van der Waals surface area contributed by atoms with Gasteiger partial charge in [-0.05, 0) is 36.9 Å². The van der Waals surface area contributed by atoms with Crippen molar-refractivity contribution < 1.29 is 8.42 Å². The summed E-state index contributed by atoms with van der Waals surface area (Å²) in [6, 6.07) is 8.31. The van der Waals surface area contributed by atoms with Crippen LogP contribution in [0.3, 0.4) is 0 Å². The first-order valence-electron chi connectivity index (χ1n) is 5.55. The van der Waals surface area contributed by atoms with Gasteiger partial charge in [-0.2, -0.15) is 0 Å². The van der Waals surface area contributed by atoms with Crippen LogP contribution in [0.2, 0.25) is 0 Å². The number of rotatable bonds is 7. The van der Waals surface area contributed by atoms with Crippen LogP contribution < -0.4 is 5.32 Å². The van der Waals surface area contributed by atoms with Crippen molar-refractivity contribution in [3.63, 3.8) is 0 Å². The predicted molar refractivity (Wildman–Crippen MR) is 74.3 cm³/mol. The van der Waals surface area contributed by atoms with Gasteiger partial charge in [0, 0.05) is 17.7 Å². The van der Waals surface area contributed by atoms with Crippen LogP contribution in [0.25, 0.3) is 0 Å². The van der Waals surface area contributed by atoms with Crippen LogP contribution in [0.15, 0.2) is 29.2 Å². The molecule has 0 aliphatic carbocycles. The Morgan fingerprint density at radius 2 is 2.12 bits per heavy atom. The molecule has 0 spiro atoms. The normalized spacial score (nSPS) is 11.6. The van der Waals surface area contributed by atoms with Crippen LogP contribution in [-0.2, 0) is 16.4 Å². The van der Waals surface area contributed by atoms with Crippen LogP contribution in [-0.4, -0.2) is 33.2 Å². The van der Waals surface area contributed by atoms with E-state index in [0.717, 1.165) is 12.3 Å². The topological polar surface area (TPSA) is 46.2 Å². The molecule has 1 aromatic carbocycles. The third-order valence-corrected chi connectivity index (χ3v) is 4.32. The van der Waals surface area contributed by atoms with Gasteiger partial charge in [0.15, 0.2) is 0 Å². The smallest absolute Gasteiger partial charge is 0.147 e. The van der Waals surface area contributed by atoms with Crippen molar-refractivity contribution in [2.75, 3.05) is 24.8 Å². The lowest BCUT2D eigenvalue weighted by atomic mass is 10.2. The molecule has 0 atom stereocenters. The monoisotopic (exact) mass is 273 g/mol. The highest BCUT2D eigenvalue weighted by Gasteiger charge is 2.02. The first-order chi connectivity index (χ1) is 8.01. The lowest BCUT2D eigenvalue weighted by molar-refractivity contribution is 0.600. The summed E-state index contributed by atoms with van der Waals surface area (Å²) in [4.78, 5) is 1.20. The Balaban J connectivity index is 2.38. The molecule has 0 bridgehead atoms. The lowest BCUT2D eigenvalue weighted by Gasteiger charge is -2.04. The van der Waals surface area contributed by atoms with Crippen molar-refractivity contribution in [1.82, 2.24) is 5.32 Å². The fourth-order valence-electron chi connectivity index (χ4n) is 1.46. The number of nitrogens with one attached hydrogen (secondary N) is 1. The Bertz CT molecular complexity index is 444. The van der Waals surface area contributed by atoms with Crippen LogP contribution in [0, 0.1) is 0 Å². The molecule has 0 saturated heterocycles. The van der Waals surface area contributed by atoms with E-state index in [1.54, 1.807) is 11.8 Å². The fraction of sp³-hybridized carbons (Fsp3) is 0.500. The van der Waals surface area contributed by atoms with Gasteiger partial charge in [-0.25, -0.2) is 8.42 Å². The van der Waals surface area contributed by atoms with Crippen molar-refractivity contribution in [1.29, 1.82) is 0 Å². The maximum atomic E-state index is 11.0. The summed E-state index contributed by atoms with van der Waals surface area (Å²) in [5.74, 6) is 1.12. The van der Waals surface area contributed by atoms with Crippen LogP contribution in [0.4, 0.5) is 0 Å². The van der Waals surface area contributed by atoms with E-state index in [0.29, 0.717) is 6.42 Å². The molecule has 96 valence electrons. The third-order valence-electron chi connectivity index (χ3n) is 2.21. The highest BCUT2D eigenvalue weighted by molar-refractivity contribution is 7.99. The third kappa shape index (κ3) is 6.71. The average Bonchev–Trinajstić information content (AvgIpc) is 2.24. The zero-order chi connectivity index (χ0) is 12.7. The van der Waals surface area contributed by atoms with E-state index in [2.05, 4.69) is 23.5 Å². The molecule has 0 fully saturated rings. The maximum absolute atomic E-state index is 11.0. The van der Waals surface area contributed by atoms with Crippen molar-refractivity contribution in [2.45, 2.75) is 17.9 Å². The molecule has 0 aliphatic rings. The molecule has 0 heterocycles. The van der Waals surface area contributed by atoms with Gasteiger partial charge in [-0.1, -0.05) is 12.1 Å². The standard InChI is InChI=1S/C12H19NO2S2/c1-13-10-11-5-3-6-12(9-11)16-7-4-8-17(2,14)15/h3,5-6,9,13H,4,7-8,10H2,1-2H3. The van der Waals surface area contributed by atoms with Crippen molar-refractivity contribution in [3.8, 4) is 0 Å². The Labute approximate surface area is 108 Å². The molecule has 0 aromatic heterocycles. The van der Waals surface area contributed by atoms with Gasteiger partial charge in [0.25, 0.3) is 0 Å². The molecule has 1 rings (SSSR count). The Hall–Kier alpha value is -0.520.